The molecule has 0 unspecified atom stereocenters. The van der Waals surface area contributed by atoms with Crippen molar-refractivity contribution >= 4 is 17.1 Å². The number of hydrogen-bond acceptors (Lipinski definition) is 5. The van der Waals surface area contributed by atoms with Gasteiger partial charge in [0, 0.05) is 5.57 Å². The molecule has 0 saturated heterocycles. The van der Waals surface area contributed by atoms with Gasteiger partial charge < -0.3 is 14.7 Å². The Balaban J connectivity index is 1.71. The van der Waals surface area contributed by atoms with Crippen molar-refractivity contribution in [1.82, 2.24) is 19.5 Å². The SMILES string of the molecule is Nc1nc(-c2ccco2)c2ncn(CC3=CCC=C(C(F)(F)F)C=C3F)c2n1. The van der Waals surface area contributed by atoms with Crippen LogP contribution in [-0.2, 0) is 6.54 Å². The first-order chi connectivity index (χ1) is 13.3. The van der Waals surface area contributed by atoms with Gasteiger partial charge in [0.05, 0.1) is 24.7 Å². The number of aromatic nitrogens is 4. The Kier molecular flexibility index (Phi) is 4.25. The molecule has 0 spiro atoms. The van der Waals surface area contributed by atoms with Crippen LogP contribution < -0.4 is 5.73 Å². The van der Waals surface area contributed by atoms with Crippen LogP contribution in [0.5, 0.6) is 0 Å². The molecule has 144 valence electrons. The number of nitrogens with two attached hydrogens (primary N) is 1. The molecule has 1 aliphatic rings. The second kappa shape index (κ2) is 6.63. The number of halogens is 4. The van der Waals surface area contributed by atoms with E-state index in [-0.39, 0.29) is 24.5 Å². The first-order valence-electron chi connectivity index (χ1n) is 8.19. The Hall–Kier alpha value is -3.43. The van der Waals surface area contributed by atoms with Gasteiger partial charge in [-0.25, -0.2) is 14.4 Å². The van der Waals surface area contributed by atoms with E-state index in [0.29, 0.717) is 28.7 Å². The monoisotopic (exact) mass is 391 g/mol. The van der Waals surface area contributed by atoms with Crippen molar-refractivity contribution in [2.75, 3.05) is 5.73 Å². The van der Waals surface area contributed by atoms with Gasteiger partial charge in [0.2, 0.25) is 5.95 Å². The summed E-state index contributed by atoms with van der Waals surface area (Å²) in [6.45, 7) is -0.0636. The molecule has 10 heteroatoms. The van der Waals surface area contributed by atoms with Crippen LogP contribution in [0.2, 0.25) is 0 Å². The Morgan fingerprint density at radius 1 is 1.21 bits per heavy atom. The average molecular weight is 391 g/mol. The smallest absolute Gasteiger partial charge is 0.416 e. The lowest BCUT2D eigenvalue weighted by Gasteiger charge is -2.09. The van der Waals surface area contributed by atoms with E-state index in [1.165, 1.54) is 23.2 Å². The molecule has 3 heterocycles. The highest BCUT2D eigenvalue weighted by atomic mass is 19.4. The lowest BCUT2D eigenvalue weighted by Crippen LogP contribution is -2.10. The molecule has 0 amide bonds. The van der Waals surface area contributed by atoms with Crippen LogP contribution >= 0.6 is 0 Å². The molecule has 4 rings (SSSR count). The van der Waals surface area contributed by atoms with Gasteiger partial charge >= 0.3 is 6.18 Å². The third-order valence-corrected chi connectivity index (χ3v) is 4.19. The van der Waals surface area contributed by atoms with E-state index in [1.54, 1.807) is 12.1 Å². The third-order valence-electron chi connectivity index (χ3n) is 4.19. The summed E-state index contributed by atoms with van der Waals surface area (Å²) in [5.41, 5.74) is 5.93. The summed E-state index contributed by atoms with van der Waals surface area (Å²) < 4.78 is 59.9. The van der Waals surface area contributed by atoms with Crippen LogP contribution in [-0.4, -0.2) is 25.7 Å². The van der Waals surface area contributed by atoms with Crippen LogP contribution in [0.3, 0.4) is 0 Å². The molecule has 0 aromatic carbocycles. The van der Waals surface area contributed by atoms with E-state index in [9.17, 15) is 17.6 Å². The maximum atomic E-state index is 14.4. The van der Waals surface area contributed by atoms with Crippen molar-refractivity contribution in [3.63, 3.8) is 0 Å². The second-order valence-corrected chi connectivity index (χ2v) is 6.07. The van der Waals surface area contributed by atoms with Crippen molar-refractivity contribution in [3.05, 3.63) is 59.9 Å². The summed E-state index contributed by atoms with van der Waals surface area (Å²) in [6.07, 6.45) is 1.05. The molecule has 0 radical (unpaired) electrons. The summed E-state index contributed by atoms with van der Waals surface area (Å²) in [4.78, 5) is 12.5. The number of allylic oxidation sites excluding steroid dienone is 6. The fourth-order valence-electron chi connectivity index (χ4n) is 2.90. The number of nitrogen functional groups attached to an aromatic ring is 1. The van der Waals surface area contributed by atoms with Gasteiger partial charge in [-0.15, -0.1) is 0 Å². The molecule has 2 N–H and O–H groups in total. The first kappa shape index (κ1) is 18.0. The number of furan rings is 1. The van der Waals surface area contributed by atoms with Crippen molar-refractivity contribution in [3.8, 4) is 11.5 Å². The number of fused-ring (bicyclic) bond motifs is 1. The van der Waals surface area contributed by atoms with E-state index in [0.717, 1.165) is 6.08 Å². The minimum absolute atomic E-state index is 0.0347. The van der Waals surface area contributed by atoms with Crippen molar-refractivity contribution in [1.29, 1.82) is 0 Å². The van der Waals surface area contributed by atoms with Gasteiger partial charge in [0.1, 0.15) is 17.0 Å². The van der Waals surface area contributed by atoms with Crippen LogP contribution in [0.4, 0.5) is 23.5 Å². The summed E-state index contributed by atoms with van der Waals surface area (Å²) in [7, 11) is 0. The molecule has 0 fully saturated rings. The zero-order chi connectivity index (χ0) is 19.9. The molecular weight excluding hydrogens is 378 g/mol. The Bertz CT molecular complexity index is 1120. The number of nitrogens with zero attached hydrogens (tertiary/aromatic N) is 4. The van der Waals surface area contributed by atoms with Crippen LogP contribution in [0.15, 0.2) is 64.3 Å². The highest BCUT2D eigenvalue weighted by Gasteiger charge is 2.33. The van der Waals surface area contributed by atoms with Gasteiger partial charge in [-0.3, -0.25) is 0 Å². The van der Waals surface area contributed by atoms with E-state index < -0.39 is 17.6 Å². The zero-order valence-electron chi connectivity index (χ0n) is 14.2. The summed E-state index contributed by atoms with van der Waals surface area (Å²) in [5, 5.41) is 0. The number of alkyl halides is 3. The maximum absolute atomic E-state index is 14.4. The van der Waals surface area contributed by atoms with E-state index in [1.807, 2.05) is 0 Å². The average Bonchev–Trinajstić information content (AvgIpc) is 3.24. The highest BCUT2D eigenvalue weighted by molar-refractivity contribution is 5.86. The molecule has 3 aromatic heterocycles. The minimum atomic E-state index is -4.61. The van der Waals surface area contributed by atoms with Crippen LogP contribution in [0, 0.1) is 0 Å². The van der Waals surface area contributed by atoms with Crippen molar-refractivity contribution < 1.29 is 22.0 Å². The van der Waals surface area contributed by atoms with Gasteiger partial charge in [-0.1, -0.05) is 12.2 Å². The van der Waals surface area contributed by atoms with Crippen molar-refractivity contribution in [2.24, 2.45) is 0 Å². The number of hydrogen-bond donors (Lipinski definition) is 1. The second-order valence-electron chi connectivity index (χ2n) is 6.07. The first-order valence-corrected chi connectivity index (χ1v) is 8.19. The van der Waals surface area contributed by atoms with Gasteiger partial charge in [0.15, 0.2) is 11.4 Å². The molecule has 28 heavy (non-hydrogen) atoms. The molecule has 0 aliphatic heterocycles. The Morgan fingerprint density at radius 3 is 2.75 bits per heavy atom. The van der Waals surface area contributed by atoms with Crippen molar-refractivity contribution in [2.45, 2.75) is 19.1 Å². The van der Waals surface area contributed by atoms with E-state index in [4.69, 9.17) is 10.2 Å². The number of imidazole rings is 1. The quantitative estimate of drug-likeness (QED) is 0.672. The molecular formula is C18H13F4N5O. The van der Waals surface area contributed by atoms with E-state index >= 15 is 0 Å². The van der Waals surface area contributed by atoms with Crippen LogP contribution in [0.1, 0.15) is 6.42 Å². The molecule has 3 aromatic rings. The minimum Gasteiger partial charge on any atom is -0.463 e. The zero-order valence-corrected chi connectivity index (χ0v) is 14.2. The maximum Gasteiger partial charge on any atom is 0.416 e. The van der Waals surface area contributed by atoms with Gasteiger partial charge in [-0.05, 0) is 24.6 Å². The fraction of sp³-hybridized carbons (Fsp3) is 0.167. The predicted molar refractivity (Wildman–Crippen MR) is 93.5 cm³/mol. The molecule has 0 bridgehead atoms. The lowest BCUT2D eigenvalue weighted by molar-refractivity contribution is -0.0885. The topological polar surface area (TPSA) is 82.8 Å². The lowest BCUT2D eigenvalue weighted by atomic mass is 10.2. The normalized spacial score (nSPS) is 15.2. The molecule has 0 saturated carbocycles. The Labute approximate surface area is 155 Å². The third kappa shape index (κ3) is 3.28. The Morgan fingerprint density at radius 2 is 2.04 bits per heavy atom. The summed E-state index contributed by atoms with van der Waals surface area (Å²) >= 11 is 0. The van der Waals surface area contributed by atoms with Crippen LogP contribution in [0.25, 0.3) is 22.6 Å². The fourth-order valence-corrected chi connectivity index (χ4v) is 2.90. The standard InChI is InChI=1S/C18H13F4N5O/c19-12-7-11(18(20,21)22)4-1-3-10(12)8-27-9-24-15-14(13-5-2-6-28-13)25-17(23)26-16(15)27/h2-7,9H,1,8H2,(H2,23,25,26). The summed E-state index contributed by atoms with van der Waals surface area (Å²) in [5.74, 6) is -0.563. The molecule has 1 aliphatic carbocycles. The largest absolute Gasteiger partial charge is 0.463 e. The predicted octanol–water partition coefficient (Wildman–Crippen LogP) is 4.34. The molecule has 6 nitrogen and oxygen atoms in total. The van der Waals surface area contributed by atoms with Gasteiger partial charge in [-0.2, -0.15) is 18.2 Å². The number of anilines is 1. The van der Waals surface area contributed by atoms with Gasteiger partial charge in [0.25, 0.3) is 0 Å². The number of rotatable bonds is 3. The highest BCUT2D eigenvalue weighted by Crippen LogP contribution is 2.32. The summed E-state index contributed by atoms with van der Waals surface area (Å²) in [6, 6.07) is 3.36. The van der Waals surface area contributed by atoms with E-state index in [2.05, 4.69) is 15.0 Å². The molecule has 0 atom stereocenters.